The van der Waals surface area contributed by atoms with Gasteiger partial charge in [0.2, 0.25) is 0 Å². The molecular formula is C16H25NOSSi. The Bertz CT molecular complexity index is 530. The molecule has 2 nitrogen and oxygen atoms in total. The maximum Gasteiger partial charge on any atom is 0.144 e. The van der Waals surface area contributed by atoms with Crippen LogP contribution in [-0.4, -0.2) is 24.0 Å². The molecule has 0 amide bonds. The number of nitrogens with zero attached hydrogens (tertiary/aromatic N) is 1. The van der Waals surface area contributed by atoms with Crippen LogP contribution in [0.4, 0.5) is 0 Å². The van der Waals surface area contributed by atoms with Gasteiger partial charge in [-0.3, -0.25) is 0 Å². The van der Waals surface area contributed by atoms with Gasteiger partial charge < -0.3 is 0 Å². The van der Waals surface area contributed by atoms with Gasteiger partial charge in [0.05, 0.1) is 13.5 Å². The monoisotopic (exact) mass is 307 g/mol. The van der Waals surface area contributed by atoms with Gasteiger partial charge in [-0.15, -0.1) is 6.58 Å². The van der Waals surface area contributed by atoms with Gasteiger partial charge in [-0.2, -0.15) is 4.40 Å². The molecule has 0 aliphatic rings. The summed E-state index contributed by atoms with van der Waals surface area (Å²) in [6.07, 6.45) is 4.59. The van der Waals surface area contributed by atoms with Gasteiger partial charge in [0.25, 0.3) is 0 Å². The van der Waals surface area contributed by atoms with Crippen molar-refractivity contribution in [3.63, 3.8) is 0 Å². The molecule has 1 aromatic rings. The average Bonchev–Trinajstić information content (AvgIpc) is 2.35. The fourth-order valence-electron chi connectivity index (χ4n) is 1.80. The Morgan fingerprint density at radius 3 is 2.50 bits per heavy atom. The minimum Gasteiger partial charge on any atom is -0.234 e. The van der Waals surface area contributed by atoms with Crippen LogP contribution in [0, 0.1) is 0 Å². The molecule has 1 atom stereocenters. The van der Waals surface area contributed by atoms with Crippen LogP contribution in [-0.2, 0) is 17.4 Å². The number of rotatable bonds is 5. The Balaban J connectivity index is 3.09. The molecule has 0 saturated heterocycles. The lowest BCUT2D eigenvalue weighted by atomic mass is 10.1. The van der Waals surface area contributed by atoms with E-state index in [0.29, 0.717) is 0 Å². The Morgan fingerprint density at radius 1 is 1.35 bits per heavy atom. The second-order valence-corrected chi connectivity index (χ2v) is 11.1. The molecule has 1 rings (SSSR count). The van der Waals surface area contributed by atoms with Crippen molar-refractivity contribution in [2.24, 2.45) is 4.40 Å². The molecule has 0 aromatic heterocycles. The van der Waals surface area contributed by atoms with E-state index in [9.17, 15) is 4.21 Å². The van der Waals surface area contributed by atoms with Crippen LogP contribution < -0.4 is 5.19 Å². The van der Waals surface area contributed by atoms with Crippen molar-refractivity contribution < 1.29 is 4.21 Å². The molecule has 20 heavy (non-hydrogen) atoms. The van der Waals surface area contributed by atoms with E-state index in [1.165, 1.54) is 10.8 Å². The highest BCUT2D eigenvalue weighted by Crippen LogP contribution is 2.12. The molecule has 4 heteroatoms. The van der Waals surface area contributed by atoms with Crippen LogP contribution in [0.25, 0.3) is 0 Å². The first-order valence-electron chi connectivity index (χ1n) is 6.95. The Morgan fingerprint density at radius 2 is 2.00 bits per heavy atom. The SMILES string of the molecule is C=CCc1ccc(C=N[S@](=O)C(C)(C)C)c([SiH](C)C)c1. The zero-order valence-corrected chi connectivity index (χ0v) is 15.1. The number of hydrogen-bond acceptors (Lipinski definition) is 1. The molecule has 1 aromatic carbocycles. The van der Waals surface area contributed by atoms with Crippen LogP contribution in [0.15, 0.2) is 35.3 Å². The summed E-state index contributed by atoms with van der Waals surface area (Å²) in [5.74, 6) is 0. The first kappa shape index (κ1) is 17.0. The van der Waals surface area contributed by atoms with Crippen molar-refractivity contribution >= 4 is 31.2 Å². The van der Waals surface area contributed by atoms with Crippen LogP contribution >= 0.6 is 0 Å². The van der Waals surface area contributed by atoms with E-state index < -0.39 is 19.8 Å². The van der Waals surface area contributed by atoms with Crippen molar-refractivity contribution in [2.75, 3.05) is 0 Å². The molecule has 0 spiro atoms. The normalized spacial score (nSPS) is 13.9. The van der Waals surface area contributed by atoms with Gasteiger partial charge in [0, 0.05) is 6.21 Å². The second-order valence-electron chi connectivity index (χ2n) is 6.21. The van der Waals surface area contributed by atoms with Crippen molar-refractivity contribution in [3.8, 4) is 0 Å². The van der Waals surface area contributed by atoms with Gasteiger partial charge in [-0.25, -0.2) is 4.21 Å². The molecule has 0 radical (unpaired) electrons. The molecule has 0 bridgehead atoms. The van der Waals surface area contributed by atoms with E-state index in [-0.39, 0.29) is 4.75 Å². The fourth-order valence-corrected chi connectivity index (χ4v) is 3.71. The zero-order valence-electron chi connectivity index (χ0n) is 13.1. The number of benzene rings is 1. The summed E-state index contributed by atoms with van der Waals surface area (Å²) in [7, 11) is -2.15. The van der Waals surface area contributed by atoms with Crippen LogP contribution in [0.5, 0.6) is 0 Å². The van der Waals surface area contributed by atoms with Crippen molar-refractivity contribution in [1.82, 2.24) is 0 Å². The van der Waals surface area contributed by atoms with E-state index in [1.807, 2.05) is 26.8 Å². The Labute approximate surface area is 127 Å². The average molecular weight is 308 g/mol. The zero-order chi connectivity index (χ0) is 15.3. The highest BCUT2D eigenvalue weighted by atomic mass is 32.2. The molecule has 0 aliphatic heterocycles. The topological polar surface area (TPSA) is 29.4 Å². The maximum atomic E-state index is 12.0. The largest absolute Gasteiger partial charge is 0.234 e. The molecule has 0 unspecified atom stereocenters. The van der Waals surface area contributed by atoms with Gasteiger partial charge >= 0.3 is 0 Å². The summed E-state index contributed by atoms with van der Waals surface area (Å²) >= 11 is 0. The minimum atomic E-state index is -1.20. The van der Waals surface area contributed by atoms with Crippen molar-refractivity contribution in [2.45, 2.75) is 45.0 Å². The molecule has 0 saturated carbocycles. The van der Waals surface area contributed by atoms with Crippen molar-refractivity contribution in [1.29, 1.82) is 0 Å². The predicted molar refractivity (Wildman–Crippen MR) is 94.3 cm³/mol. The quantitative estimate of drug-likeness (QED) is 0.467. The molecule has 0 fully saturated rings. The van der Waals surface area contributed by atoms with E-state index in [1.54, 1.807) is 6.21 Å². The fraction of sp³-hybridized carbons (Fsp3) is 0.438. The summed E-state index contributed by atoms with van der Waals surface area (Å²) < 4.78 is 15.9. The Hall–Kier alpha value is -1.00. The summed E-state index contributed by atoms with van der Waals surface area (Å²) in [4.78, 5) is 0. The minimum absolute atomic E-state index is 0.311. The predicted octanol–water partition coefficient (Wildman–Crippen LogP) is 2.99. The molecule has 110 valence electrons. The van der Waals surface area contributed by atoms with Crippen molar-refractivity contribution in [3.05, 3.63) is 42.0 Å². The van der Waals surface area contributed by atoms with E-state index in [4.69, 9.17) is 0 Å². The van der Waals surface area contributed by atoms with Gasteiger partial charge in [-0.1, -0.05) is 42.6 Å². The smallest absolute Gasteiger partial charge is 0.144 e. The number of hydrogen-bond donors (Lipinski definition) is 0. The lowest BCUT2D eigenvalue weighted by Crippen LogP contribution is -2.27. The highest BCUT2D eigenvalue weighted by Gasteiger charge is 2.18. The van der Waals surface area contributed by atoms with Gasteiger partial charge in [0.15, 0.2) is 0 Å². The summed E-state index contributed by atoms with van der Waals surface area (Å²) in [6.45, 7) is 14.2. The van der Waals surface area contributed by atoms with Crippen LogP contribution in [0.2, 0.25) is 13.1 Å². The lowest BCUT2D eigenvalue weighted by molar-refractivity contribution is 0.651. The van der Waals surface area contributed by atoms with Gasteiger partial charge in [0.1, 0.15) is 11.0 Å². The maximum absolute atomic E-state index is 12.0. The van der Waals surface area contributed by atoms with E-state index in [0.717, 1.165) is 12.0 Å². The molecule has 0 aliphatic carbocycles. The van der Waals surface area contributed by atoms with E-state index in [2.05, 4.69) is 42.3 Å². The van der Waals surface area contributed by atoms with Crippen LogP contribution in [0.3, 0.4) is 0 Å². The molecule has 0 heterocycles. The second kappa shape index (κ2) is 7.13. The lowest BCUT2D eigenvalue weighted by Gasteiger charge is -2.14. The summed E-state index contributed by atoms with van der Waals surface area (Å²) in [5, 5.41) is 1.37. The summed E-state index contributed by atoms with van der Waals surface area (Å²) in [6, 6.07) is 6.44. The number of allylic oxidation sites excluding steroid dienone is 1. The third-order valence-electron chi connectivity index (χ3n) is 2.96. The first-order valence-corrected chi connectivity index (χ1v) is 10.9. The van der Waals surface area contributed by atoms with Gasteiger partial charge in [-0.05, 0) is 38.3 Å². The molecular weight excluding hydrogens is 282 g/mol. The van der Waals surface area contributed by atoms with E-state index >= 15 is 0 Å². The summed E-state index contributed by atoms with van der Waals surface area (Å²) in [5.41, 5.74) is 2.39. The standard InChI is InChI=1S/C16H25NOSSi/c1-7-8-13-9-10-14(15(11-13)20(5)6)12-17-19(18)16(2,3)4/h7,9-12,20H,1,8H2,2-6H3/t19-/m1/s1. The highest BCUT2D eigenvalue weighted by molar-refractivity contribution is 7.85. The molecule has 0 N–H and O–H groups in total. The first-order chi connectivity index (χ1) is 9.25. The van der Waals surface area contributed by atoms with Crippen LogP contribution in [0.1, 0.15) is 31.9 Å². The Kier molecular flexibility index (Phi) is 6.08. The third-order valence-corrected chi connectivity index (χ3v) is 6.05. The third kappa shape index (κ3) is 4.83.